The highest BCUT2D eigenvalue weighted by molar-refractivity contribution is 7.26. The van der Waals surface area contributed by atoms with Crippen molar-refractivity contribution in [3.63, 3.8) is 0 Å². The van der Waals surface area contributed by atoms with Gasteiger partial charge in [-0.15, -0.1) is 11.3 Å². The Bertz CT molecular complexity index is 3470. The van der Waals surface area contributed by atoms with Crippen LogP contribution in [0.1, 0.15) is 0 Å². The molecule has 0 N–H and O–H groups in total. The first-order valence-corrected chi connectivity index (χ1v) is 19.8. The topological polar surface area (TPSA) is 65.0 Å². The second-order valence-electron chi connectivity index (χ2n) is 14.2. The van der Waals surface area contributed by atoms with Crippen molar-refractivity contribution in [3.8, 4) is 56.4 Å². The number of aromatic nitrogens is 3. The van der Waals surface area contributed by atoms with Crippen molar-refractivity contribution in [2.45, 2.75) is 0 Å². The number of benzene rings is 8. The summed E-state index contributed by atoms with van der Waals surface area (Å²) in [4.78, 5) is 15.1. The predicted molar refractivity (Wildman–Crippen MR) is 234 cm³/mol. The minimum atomic E-state index is 0.594. The molecule has 0 atom stereocenters. The van der Waals surface area contributed by atoms with Crippen molar-refractivity contribution in [2.75, 3.05) is 0 Å². The molecule has 266 valence electrons. The maximum absolute atomic E-state index is 6.89. The number of fused-ring (bicyclic) bond motifs is 9. The second kappa shape index (κ2) is 12.6. The van der Waals surface area contributed by atoms with Gasteiger partial charge in [0.25, 0.3) is 0 Å². The number of hydrogen-bond donors (Lipinski definition) is 0. The molecule has 0 aliphatic heterocycles. The average Bonchev–Trinajstić information content (AvgIpc) is 3.99. The van der Waals surface area contributed by atoms with Crippen LogP contribution in [0.5, 0.6) is 0 Å². The van der Waals surface area contributed by atoms with Gasteiger partial charge in [0, 0.05) is 75.1 Å². The van der Waals surface area contributed by atoms with Gasteiger partial charge >= 0.3 is 0 Å². The molecule has 12 aromatic rings. The fraction of sp³-hybridized carbons (Fsp3) is 0. The largest absolute Gasteiger partial charge is 0.455 e. The van der Waals surface area contributed by atoms with E-state index in [4.69, 9.17) is 23.8 Å². The first-order valence-electron chi connectivity index (χ1n) is 18.9. The van der Waals surface area contributed by atoms with Crippen molar-refractivity contribution in [1.29, 1.82) is 0 Å². The van der Waals surface area contributed by atoms with Gasteiger partial charge in [0.05, 0.1) is 0 Å². The molecule has 0 fully saturated rings. The Balaban J connectivity index is 1.09. The van der Waals surface area contributed by atoms with Gasteiger partial charge in [0.15, 0.2) is 17.5 Å². The molecule has 0 unspecified atom stereocenters. The summed E-state index contributed by atoms with van der Waals surface area (Å²) in [6, 6.07) is 60.7. The number of rotatable bonds is 5. The first-order chi connectivity index (χ1) is 28.3. The molecule has 5 nitrogen and oxygen atoms in total. The third-order valence-electron chi connectivity index (χ3n) is 11.0. The monoisotopic (exact) mass is 747 g/mol. The van der Waals surface area contributed by atoms with E-state index in [1.165, 1.54) is 20.2 Å². The molecule has 0 aliphatic carbocycles. The fourth-order valence-electron chi connectivity index (χ4n) is 8.40. The zero-order valence-electron chi connectivity index (χ0n) is 30.3. The summed E-state index contributed by atoms with van der Waals surface area (Å²) in [7, 11) is 0. The molecule has 0 amide bonds. The Morgan fingerprint density at radius 2 is 0.860 bits per heavy atom. The molecule has 4 heterocycles. The molecule has 0 saturated heterocycles. The highest BCUT2D eigenvalue weighted by Gasteiger charge is 2.23. The van der Waals surface area contributed by atoms with Gasteiger partial charge < -0.3 is 8.83 Å². The molecule has 0 spiro atoms. The quantitative estimate of drug-likeness (QED) is 0.175. The van der Waals surface area contributed by atoms with Crippen LogP contribution in [-0.4, -0.2) is 15.0 Å². The zero-order valence-corrected chi connectivity index (χ0v) is 31.1. The standard InChI is InChI=1S/C51H29N3O2S/c1-3-14-30(15-4-1)49-52-50(31-16-5-2-6-17-31)54-51(53-49)40-24-13-26-42-44(40)39-23-12-21-35(47(39)56-42)33-28-29-37(48-45(33)38-19-8-10-27-43(38)57-48)36-22-11-20-34-32-18-7-9-25-41(32)55-46(34)36/h1-29H. The smallest absolute Gasteiger partial charge is 0.164 e. The molecule has 0 radical (unpaired) electrons. The Hall–Kier alpha value is -7.41. The van der Waals surface area contributed by atoms with Crippen molar-refractivity contribution in [1.82, 2.24) is 15.0 Å². The van der Waals surface area contributed by atoms with Crippen LogP contribution in [0.4, 0.5) is 0 Å². The number of thiophene rings is 1. The van der Waals surface area contributed by atoms with Crippen LogP contribution in [0.2, 0.25) is 0 Å². The van der Waals surface area contributed by atoms with Gasteiger partial charge in [0.2, 0.25) is 0 Å². The number of hydrogen-bond acceptors (Lipinski definition) is 6. The fourth-order valence-corrected chi connectivity index (χ4v) is 9.66. The predicted octanol–water partition coefficient (Wildman–Crippen LogP) is 14.4. The highest BCUT2D eigenvalue weighted by atomic mass is 32.1. The van der Waals surface area contributed by atoms with E-state index in [0.717, 1.165) is 82.8 Å². The molecule has 4 aromatic heterocycles. The molecule has 6 heteroatoms. The number of para-hydroxylation sites is 3. The third kappa shape index (κ3) is 4.98. The molecule has 8 aromatic carbocycles. The summed E-state index contributed by atoms with van der Waals surface area (Å²) in [5, 5.41) is 6.63. The average molecular weight is 748 g/mol. The summed E-state index contributed by atoms with van der Waals surface area (Å²) in [5.41, 5.74) is 10.5. The highest BCUT2D eigenvalue weighted by Crippen LogP contribution is 2.49. The van der Waals surface area contributed by atoms with E-state index in [0.29, 0.717) is 17.5 Å². The molecule has 0 saturated carbocycles. The van der Waals surface area contributed by atoms with E-state index in [9.17, 15) is 0 Å². The first kappa shape index (κ1) is 31.9. The summed E-state index contributed by atoms with van der Waals surface area (Å²) in [5.74, 6) is 1.84. The van der Waals surface area contributed by atoms with Gasteiger partial charge in [-0.25, -0.2) is 15.0 Å². The zero-order chi connectivity index (χ0) is 37.5. The Morgan fingerprint density at radius 1 is 0.333 bits per heavy atom. The lowest BCUT2D eigenvalue weighted by Crippen LogP contribution is -2.00. The van der Waals surface area contributed by atoms with Crippen LogP contribution in [-0.2, 0) is 0 Å². The van der Waals surface area contributed by atoms with Crippen LogP contribution in [0.25, 0.3) is 120 Å². The lowest BCUT2D eigenvalue weighted by molar-refractivity contribution is 0.669. The van der Waals surface area contributed by atoms with E-state index >= 15 is 0 Å². The van der Waals surface area contributed by atoms with Crippen molar-refractivity contribution < 1.29 is 8.83 Å². The van der Waals surface area contributed by atoms with E-state index < -0.39 is 0 Å². The Kier molecular flexibility index (Phi) is 7.03. The Morgan fingerprint density at radius 3 is 1.63 bits per heavy atom. The minimum Gasteiger partial charge on any atom is -0.455 e. The van der Waals surface area contributed by atoms with Crippen LogP contribution in [0, 0.1) is 0 Å². The van der Waals surface area contributed by atoms with E-state index in [2.05, 4.69) is 91.0 Å². The minimum absolute atomic E-state index is 0.594. The van der Waals surface area contributed by atoms with Crippen LogP contribution >= 0.6 is 11.3 Å². The van der Waals surface area contributed by atoms with Crippen molar-refractivity contribution >= 4 is 75.4 Å². The molecule has 12 rings (SSSR count). The van der Waals surface area contributed by atoms with Gasteiger partial charge in [-0.3, -0.25) is 0 Å². The molecular weight excluding hydrogens is 719 g/mol. The molecule has 0 aliphatic rings. The molecular formula is C51H29N3O2S. The van der Waals surface area contributed by atoms with Crippen molar-refractivity contribution in [2.24, 2.45) is 0 Å². The normalized spacial score (nSPS) is 11.9. The number of furan rings is 2. The maximum Gasteiger partial charge on any atom is 0.164 e. The van der Waals surface area contributed by atoms with Gasteiger partial charge in [-0.1, -0.05) is 158 Å². The summed E-state index contributed by atoms with van der Waals surface area (Å²) >= 11 is 1.82. The van der Waals surface area contributed by atoms with E-state index in [-0.39, 0.29) is 0 Å². The SMILES string of the molecule is c1ccc(-c2nc(-c3ccccc3)nc(-c3cccc4oc5c(-c6ccc(-c7cccc8c7oc7ccccc78)c7sc8ccccc8c67)cccc5c34)n2)cc1. The number of nitrogens with zero attached hydrogens (tertiary/aromatic N) is 3. The van der Waals surface area contributed by atoms with E-state index in [1.54, 1.807) is 0 Å². The maximum atomic E-state index is 6.89. The molecule has 0 bridgehead atoms. The lowest BCUT2D eigenvalue weighted by atomic mass is 9.93. The van der Waals surface area contributed by atoms with Crippen LogP contribution in [0.15, 0.2) is 185 Å². The third-order valence-corrected chi connectivity index (χ3v) is 12.2. The van der Waals surface area contributed by atoms with E-state index in [1.807, 2.05) is 96.3 Å². The molecule has 57 heavy (non-hydrogen) atoms. The summed E-state index contributed by atoms with van der Waals surface area (Å²) in [6.07, 6.45) is 0. The van der Waals surface area contributed by atoms with Crippen molar-refractivity contribution in [3.05, 3.63) is 176 Å². The van der Waals surface area contributed by atoms with Crippen LogP contribution < -0.4 is 0 Å². The summed E-state index contributed by atoms with van der Waals surface area (Å²) < 4.78 is 15.9. The second-order valence-corrected chi connectivity index (χ2v) is 15.3. The lowest BCUT2D eigenvalue weighted by Gasteiger charge is -2.11. The van der Waals surface area contributed by atoms with Gasteiger partial charge in [-0.2, -0.15) is 0 Å². The Labute approximate surface area is 330 Å². The van der Waals surface area contributed by atoms with Gasteiger partial charge in [0.1, 0.15) is 22.3 Å². The van der Waals surface area contributed by atoms with Crippen LogP contribution in [0.3, 0.4) is 0 Å². The summed E-state index contributed by atoms with van der Waals surface area (Å²) in [6.45, 7) is 0. The van der Waals surface area contributed by atoms with Gasteiger partial charge in [-0.05, 0) is 23.8 Å².